The van der Waals surface area contributed by atoms with Gasteiger partial charge in [0.1, 0.15) is 11.5 Å². The Bertz CT molecular complexity index is 1180. The van der Waals surface area contributed by atoms with Gasteiger partial charge in [-0.1, -0.05) is 23.7 Å². The third-order valence-corrected chi connectivity index (χ3v) is 4.61. The smallest absolute Gasteiger partial charge is 0.270 e. The fraction of sp³-hybridized carbons (Fsp3) is 0.136. The van der Waals surface area contributed by atoms with Gasteiger partial charge < -0.3 is 5.32 Å². The fourth-order valence-electron chi connectivity index (χ4n) is 3.00. The van der Waals surface area contributed by atoms with Crippen LogP contribution in [0.1, 0.15) is 24.3 Å². The number of nitrogens with zero attached hydrogens (tertiary/aromatic N) is 3. The van der Waals surface area contributed by atoms with Gasteiger partial charge in [-0.05, 0) is 56.3 Å². The number of hydrogen-bond donors (Lipinski definition) is 1. The van der Waals surface area contributed by atoms with E-state index in [0.717, 1.165) is 5.56 Å². The van der Waals surface area contributed by atoms with Crippen molar-refractivity contribution in [3.8, 4) is 22.5 Å². The van der Waals surface area contributed by atoms with Gasteiger partial charge in [-0.3, -0.25) is 4.79 Å². The molecule has 4 rings (SSSR count). The average Bonchev–Trinajstić information content (AvgIpc) is 3.12. The van der Waals surface area contributed by atoms with E-state index in [-0.39, 0.29) is 17.8 Å². The lowest BCUT2D eigenvalue weighted by Crippen LogP contribution is -2.31. The number of rotatable bonds is 4. The van der Waals surface area contributed by atoms with Crippen molar-refractivity contribution in [2.45, 2.75) is 19.9 Å². The summed E-state index contributed by atoms with van der Waals surface area (Å²) < 4.78 is 14.8. The lowest BCUT2D eigenvalue weighted by atomic mass is 10.1. The minimum atomic E-state index is -0.332. The van der Waals surface area contributed by atoms with Crippen LogP contribution in [0, 0.1) is 5.82 Å². The molecule has 7 heteroatoms. The monoisotopic (exact) mass is 408 g/mol. The molecule has 0 fully saturated rings. The Kier molecular flexibility index (Phi) is 5.03. The predicted molar refractivity (Wildman–Crippen MR) is 111 cm³/mol. The second-order valence-electron chi connectivity index (χ2n) is 6.97. The molecule has 4 aromatic rings. The number of fused-ring (bicyclic) bond motifs is 1. The summed E-state index contributed by atoms with van der Waals surface area (Å²) in [6, 6.07) is 16.7. The maximum Gasteiger partial charge on any atom is 0.270 e. The van der Waals surface area contributed by atoms with Crippen LogP contribution >= 0.6 is 11.6 Å². The van der Waals surface area contributed by atoms with Gasteiger partial charge in [0.15, 0.2) is 5.65 Å². The van der Waals surface area contributed by atoms with Crippen LogP contribution in [-0.2, 0) is 0 Å². The molecular formula is C22H18ClFN4O. The van der Waals surface area contributed by atoms with E-state index in [1.165, 1.54) is 16.6 Å². The van der Waals surface area contributed by atoms with E-state index in [0.29, 0.717) is 33.3 Å². The fourth-order valence-corrected chi connectivity index (χ4v) is 3.13. The van der Waals surface area contributed by atoms with Crippen LogP contribution in [0.15, 0.2) is 60.7 Å². The molecule has 0 aliphatic rings. The van der Waals surface area contributed by atoms with Crippen molar-refractivity contribution in [2.75, 3.05) is 0 Å². The summed E-state index contributed by atoms with van der Waals surface area (Å²) in [5, 5.41) is 8.10. The van der Waals surface area contributed by atoms with Crippen molar-refractivity contribution in [3.05, 3.63) is 77.2 Å². The predicted octanol–water partition coefficient (Wildman–Crippen LogP) is 4.99. The number of benzene rings is 2. The van der Waals surface area contributed by atoms with Crippen molar-refractivity contribution in [3.63, 3.8) is 0 Å². The summed E-state index contributed by atoms with van der Waals surface area (Å²) in [5.41, 5.74) is 3.67. The number of nitrogens with one attached hydrogen (secondary N) is 1. The highest BCUT2D eigenvalue weighted by Gasteiger charge is 2.17. The molecule has 2 heterocycles. The number of aromatic nitrogens is 3. The van der Waals surface area contributed by atoms with Gasteiger partial charge in [0.2, 0.25) is 0 Å². The lowest BCUT2D eigenvalue weighted by Gasteiger charge is -2.11. The van der Waals surface area contributed by atoms with Crippen LogP contribution < -0.4 is 5.32 Å². The van der Waals surface area contributed by atoms with E-state index in [4.69, 9.17) is 11.6 Å². The molecule has 0 unspecified atom stereocenters. The standard InChI is InChI=1S/C22H18ClFN4O/c1-13(2)25-22(29)20-11-18(14-5-9-17(24)10-6-14)26-21-12-19(27-28(20)21)15-3-7-16(23)8-4-15/h3-13H,1-2H3,(H,25,29). The molecule has 0 radical (unpaired) electrons. The molecule has 2 aromatic heterocycles. The maximum absolute atomic E-state index is 13.3. The molecule has 0 aliphatic heterocycles. The Morgan fingerprint density at radius 3 is 2.28 bits per heavy atom. The van der Waals surface area contributed by atoms with Crippen LogP contribution in [0.3, 0.4) is 0 Å². The number of amides is 1. The molecule has 1 N–H and O–H groups in total. The van der Waals surface area contributed by atoms with Gasteiger partial charge >= 0.3 is 0 Å². The first-order chi connectivity index (χ1) is 13.9. The third kappa shape index (κ3) is 3.98. The van der Waals surface area contributed by atoms with E-state index >= 15 is 0 Å². The molecular weight excluding hydrogens is 391 g/mol. The summed E-state index contributed by atoms with van der Waals surface area (Å²) in [5.74, 6) is -0.594. The van der Waals surface area contributed by atoms with E-state index < -0.39 is 0 Å². The zero-order valence-corrected chi connectivity index (χ0v) is 16.6. The largest absolute Gasteiger partial charge is 0.349 e. The molecule has 0 bridgehead atoms. The summed E-state index contributed by atoms with van der Waals surface area (Å²) in [6.45, 7) is 3.78. The summed E-state index contributed by atoms with van der Waals surface area (Å²) in [4.78, 5) is 17.5. The van der Waals surface area contributed by atoms with Crippen LogP contribution in [-0.4, -0.2) is 26.5 Å². The summed E-state index contributed by atoms with van der Waals surface area (Å²) in [6.07, 6.45) is 0. The number of hydrogen-bond acceptors (Lipinski definition) is 3. The highest BCUT2D eigenvalue weighted by Crippen LogP contribution is 2.25. The molecule has 146 valence electrons. The highest BCUT2D eigenvalue weighted by molar-refractivity contribution is 6.30. The Hall–Kier alpha value is -3.25. The van der Waals surface area contributed by atoms with E-state index in [1.54, 1.807) is 30.3 Å². The Balaban J connectivity index is 1.89. The van der Waals surface area contributed by atoms with Crippen molar-refractivity contribution in [2.24, 2.45) is 0 Å². The van der Waals surface area contributed by atoms with Gasteiger partial charge in [0, 0.05) is 28.3 Å². The van der Waals surface area contributed by atoms with E-state index in [9.17, 15) is 9.18 Å². The van der Waals surface area contributed by atoms with Gasteiger partial charge in [0.05, 0.1) is 11.4 Å². The Labute approximate surface area is 172 Å². The topological polar surface area (TPSA) is 59.3 Å². The van der Waals surface area contributed by atoms with Crippen LogP contribution in [0.5, 0.6) is 0 Å². The molecule has 0 aliphatic carbocycles. The van der Waals surface area contributed by atoms with Crippen molar-refractivity contribution >= 4 is 23.2 Å². The number of carbonyl (C=O) groups excluding carboxylic acids is 1. The molecule has 0 saturated heterocycles. The first kappa shape index (κ1) is 19.1. The molecule has 29 heavy (non-hydrogen) atoms. The highest BCUT2D eigenvalue weighted by atomic mass is 35.5. The van der Waals surface area contributed by atoms with Crippen LogP contribution in [0.4, 0.5) is 4.39 Å². The van der Waals surface area contributed by atoms with Gasteiger partial charge in [0.25, 0.3) is 5.91 Å². The average molecular weight is 409 g/mol. The first-order valence-electron chi connectivity index (χ1n) is 9.14. The summed E-state index contributed by atoms with van der Waals surface area (Å²) in [7, 11) is 0. The number of halogens is 2. The zero-order chi connectivity index (χ0) is 20.5. The molecule has 5 nitrogen and oxygen atoms in total. The van der Waals surface area contributed by atoms with Crippen molar-refractivity contribution < 1.29 is 9.18 Å². The molecule has 0 saturated carbocycles. The number of carbonyl (C=O) groups is 1. The zero-order valence-electron chi connectivity index (χ0n) is 15.9. The molecule has 0 spiro atoms. The van der Waals surface area contributed by atoms with Crippen LogP contribution in [0.25, 0.3) is 28.2 Å². The summed E-state index contributed by atoms with van der Waals surface area (Å²) >= 11 is 5.98. The van der Waals surface area contributed by atoms with Crippen molar-refractivity contribution in [1.82, 2.24) is 19.9 Å². The lowest BCUT2D eigenvalue weighted by molar-refractivity contribution is 0.0935. The quantitative estimate of drug-likeness (QED) is 0.517. The molecule has 0 atom stereocenters. The normalized spacial score (nSPS) is 11.2. The second kappa shape index (κ2) is 7.64. The van der Waals surface area contributed by atoms with Gasteiger partial charge in [-0.2, -0.15) is 5.10 Å². The third-order valence-electron chi connectivity index (χ3n) is 4.36. The van der Waals surface area contributed by atoms with Crippen molar-refractivity contribution in [1.29, 1.82) is 0 Å². The van der Waals surface area contributed by atoms with Gasteiger partial charge in [-0.15, -0.1) is 0 Å². The van der Waals surface area contributed by atoms with Crippen LogP contribution in [0.2, 0.25) is 5.02 Å². The molecule has 2 aromatic carbocycles. The van der Waals surface area contributed by atoms with E-state index in [1.807, 2.05) is 32.0 Å². The maximum atomic E-state index is 13.3. The second-order valence-corrected chi connectivity index (χ2v) is 7.40. The SMILES string of the molecule is CC(C)NC(=O)c1cc(-c2ccc(F)cc2)nc2cc(-c3ccc(Cl)cc3)nn12. The first-order valence-corrected chi connectivity index (χ1v) is 9.52. The Morgan fingerprint density at radius 2 is 1.62 bits per heavy atom. The van der Waals surface area contributed by atoms with E-state index in [2.05, 4.69) is 15.4 Å². The Morgan fingerprint density at radius 1 is 1.00 bits per heavy atom. The molecule has 1 amide bonds. The van der Waals surface area contributed by atoms with Gasteiger partial charge in [-0.25, -0.2) is 13.9 Å². The minimum absolute atomic E-state index is 0.0358. The minimum Gasteiger partial charge on any atom is -0.349 e.